The van der Waals surface area contributed by atoms with Crippen molar-refractivity contribution in [1.82, 2.24) is 4.98 Å². The molecule has 0 radical (unpaired) electrons. The molecule has 1 heterocycles. The molecule has 140 valence electrons. The van der Waals surface area contributed by atoms with Crippen molar-refractivity contribution in [2.24, 2.45) is 0 Å². The van der Waals surface area contributed by atoms with E-state index in [4.69, 9.17) is 21.6 Å². The van der Waals surface area contributed by atoms with Crippen LogP contribution in [-0.4, -0.2) is 17.9 Å². The summed E-state index contributed by atoms with van der Waals surface area (Å²) in [6.07, 6.45) is 5.73. The second-order valence-electron chi connectivity index (χ2n) is 7.15. The minimum atomic E-state index is -0.713. The molecule has 1 aromatic heterocycles. The third-order valence-corrected chi connectivity index (χ3v) is 5.82. The fraction of sp³-hybridized carbons (Fsp3) is 0.261. The second kappa shape index (κ2) is 7.26. The number of Topliss-reactive ketones (excluding diaryl/α,β-unsaturated/α-hetero) is 1. The van der Waals surface area contributed by atoms with Crippen molar-refractivity contribution in [2.45, 2.75) is 31.1 Å². The van der Waals surface area contributed by atoms with Crippen LogP contribution in [0.5, 0.6) is 5.75 Å². The Balaban J connectivity index is 1.94. The molecular formula is C23H19ClN2O2. The third kappa shape index (κ3) is 2.83. The van der Waals surface area contributed by atoms with E-state index < -0.39 is 5.41 Å². The van der Waals surface area contributed by atoms with Gasteiger partial charge in [0.1, 0.15) is 5.75 Å². The van der Waals surface area contributed by atoms with E-state index in [-0.39, 0.29) is 5.78 Å². The number of unbranched alkanes of at least 4 members (excludes halogenated alkanes) is 1. The van der Waals surface area contributed by atoms with E-state index in [1.807, 2.05) is 30.3 Å². The highest BCUT2D eigenvalue weighted by Crippen LogP contribution is 2.50. The Labute approximate surface area is 168 Å². The van der Waals surface area contributed by atoms with Gasteiger partial charge in [-0.15, -0.1) is 0 Å². The quantitative estimate of drug-likeness (QED) is 0.538. The zero-order valence-corrected chi connectivity index (χ0v) is 16.3. The molecule has 5 heteroatoms. The molecule has 3 aromatic rings. The van der Waals surface area contributed by atoms with E-state index in [1.165, 1.54) is 0 Å². The van der Waals surface area contributed by atoms with Crippen molar-refractivity contribution >= 4 is 28.2 Å². The molecule has 0 amide bonds. The average molecular weight is 391 g/mol. The number of halogens is 1. The Kier molecular flexibility index (Phi) is 4.78. The lowest BCUT2D eigenvalue weighted by Crippen LogP contribution is -2.34. The van der Waals surface area contributed by atoms with Gasteiger partial charge in [0.25, 0.3) is 0 Å². The predicted octanol–water partition coefficient (Wildman–Crippen LogP) is 5.27. The lowest BCUT2D eigenvalue weighted by Gasteiger charge is -2.29. The Morgan fingerprint density at radius 3 is 2.71 bits per heavy atom. The predicted molar refractivity (Wildman–Crippen MR) is 109 cm³/mol. The molecule has 0 saturated carbocycles. The summed E-state index contributed by atoms with van der Waals surface area (Å²) in [5.74, 6) is 0.769. The summed E-state index contributed by atoms with van der Waals surface area (Å²) in [5.41, 5.74) is 1.97. The summed E-state index contributed by atoms with van der Waals surface area (Å²) in [6, 6.07) is 13.6. The maximum absolute atomic E-state index is 13.8. The summed E-state index contributed by atoms with van der Waals surface area (Å²) in [4.78, 5) is 17.8. The number of hydrogen-bond acceptors (Lipinski definition) is 4. The highest BCUT2D eigenvalue weighted by molar-refractivity contribution is 6.33. The van der Waals surface area contributed by atoms with Gasteiger partial charge in [-0.25, -0.2) is 0 Å². The number of rotatable bonds is 6. The van der Waals surface area contributed by atoms with Gasteiger partial charge in [-0.05, 0) is 60.7 Å². The second-order valence-corrected chi connectivity index (χ2v) is 7.58. The number of nitriles is 1. The average Bonchev–Trinajstić information content (AvgIpc) is 2.93. The summed E-state index contributed by atoms with van der Waals surface area (Å²) in [6.45, 7) is 0. The third-order valence-electron chi connectivity index (χ3n) is 5.60. The molecule has 0 aliphatic heterocycles. The van der Waals surface area contributed by atoms with E-state index >= 15 is 0 Å². The van der Waals surface area contributed by atoms with Crippen molar-refractivity contribution in [3.05, 3.63) is 70.5 Å². The van der Waals surface area contributed by atoms with Crippen LogP contribution < -0.4 is 4.74 Å². The SMILES string of the molecule is COc1ccc2c3c(cc(Cl)cc13)C(=O)C2(CCCC#N)Cc1ccncc1. The van der Waals surface area contributed by atoms with Gasteiger partial charge >= 0.3 is 0 Å². The Morgan fingerprint density at radius 1 is 1.21 bits per heavy atom. The van der Waals surface area contributed by atoms with Crippen LogP contribution in [0.3, 0.4) is 0 Å². The normalized spacial score (nSPS) is 17.7. The molecule has 1 aliphatic carbocycles. The molecule has 2 aromatic carbocycles. The van der Waals surface area contributed by atoms with Crippen LogP contribution >= 0.6 is 11.6 Å². The highest BCUT2D eigenvalue weighted by atomic mass is 35.5. The minimum absolute atomic E-state index is 0.0676. The van der Waals surface area contributed by atoms with Crippen LogP contribution in [0.4, 0.5) is 0 Å². The van der Waals surface area contributed by atoms with Crippen LogP contribution in [0.1, 0.15) is 40.7 Å². The van der Waals surface area contributed by atoms with Gasteiger partial charge < -0.3 is 4.74 Å². The van der Waals surface area contributed by atoms with Gasteiger partial charge in [0, 0.05) is 40.2 Å². The lowest BCUT2D eigenvalue weighted by molar-refractivity contribution is 0.0883. The molecule has 0 N–H and O–H groups in total. The fourth-order valence-electron chi connectivity index (χ4n) is 4.39. The molecule has 4 rings (SSSR count). The molecule has 1 atom stereocenters. The number of carbonyl (C=O) groups is 1. The van der Waals surface area contributed by atoms with Gasteiger partial charge in [-0.3, -0.25) is 9.78 Å². The zero-order valence-electron chi connectivity index (χ0n) is 15.5. The van der Waals surface area contributed by atoms with Crippen LogP contribution in [-0.2, 0) is 11.8 Å². The molecular weight excluding hydrogens is 372 g/mol. The number of aromatic nitrogens is 1. The van der Waals surface area contributed by atoms with Gasteiger partial charge in [-0.2, -0.15) is 5.26 Å². The van der Waals surface area contributed by atoms with E-state index in [9.17, 15) is 4.79 Å². The van der Waals surface area contributed by atoms with Crippen molar-refractivity contribution < 1.29 is 9.53 Å². The first kappa shape index (κ1) is 18.5. The van der Waals surface area contributed by atoms with Crippen LogP contribution in [0, 0.1) is 11.3 Å². The number of benzene rings is 2. The summed E-state index contributed by atoms with van der Waals surface area (Å²) in [7, 11) is 1.62. The molecule has 28 heavy (non-hydrogen) atoms. The zero-order chi connectivity index (χ0) is 19.7. The molecule has 1 unspecified atom stereocenters. The number of nitrogens with zero attached hydrogens (tertiary/aromatic N) is 2. The van der Waals surface area contributed by atoms with E-state index in [0.29, 0.717) is 42.0 Å². The minimum Gasteiger partial charge on any atom is -0.496 e. The van der Waals surface area contributed by atoms with E-state index in [1.54, 1.807) is 25.6 Å². The van der Waals surface area contributed by atoms with E-state index in [0.717, 1.165) is 21.9 Å². The molecule has 0 fully saturated rings. The maximum atomic E-state index is 13.8. The Morgan fingerprint density at radius 2 is 2.00 bits per heavy atom. The molecule has 0 saturated heterocycles. The number of methoxy groups -OCH3 is 1. The number of ether oxygens (including phenoxy) is 1. The summed E-state index contributed by atoms with van der Waals surface area (Å²) in [5, 5.41) is 11.3. The van der Waals surface area contributed by atoms with Gasteiger partial charge in [-0.1, -0.05) is 17.7 Å². The van der Waals surface area contributed by atoms with Crippen molar-refractivity contribution in [1.29, 1.82) is 5.26 Å². The number of carbonyl (C=O) groups excluding carboxylic acids is 1. The smallest absolute Gasteiger partial charge is 0.174 e. The van der Waals surface area contributed by atoms with Gasteiger partial charge in [0.05, 0.1) is 18.6 Å². The van der Waals surface area contributed by atoms with Crippen LogP contribution in [0.2, 0.25) is 5.02 Å². The first-order valence-corrected chi connectivity index (χ1v) is 9.60. The molecule has 0 bridgehead atoms. The largest absolute Gasteiger partial charge is 0.496 e. The lowest BCUT2D eigenvalue weighted by atomic mass is 9.71. The first-order valence-electron chi connectivity index (χ1n) is 9.22. The Hall–Kier alpha value is -2.90. The van der Waals surface area contributed by atoms with Crippen LogP contribution in [0.15, 0.2) is 48.8 Å². The molecule has 1 aliphatic rings. The summed E-state index contributed by atoms with van der Waals surface area (Å²) < 4.78 is 5.52. The van der Waals surface area contributed by atoms with E-state index in [2.05, 4.69) is 11.1 Å². The topological polar surface area (TPSA) is 63.0 Å². The highest BCUT2D eigenvalue weighted by Gasteiger charge is 2.47. The molecule has 0 spiro atoms. The van der Waals surface area contributed by atoms with Crippen molar-refractivity contribution in [3.8, 4) is 11.8 Å². The standard InChI is InChI=1S/C23H19ClN2O2/c1-28-20-5-4-19-21-17(20)12-16(24)13-18(21)22(27)23(19,8-2-3-9-25)14-15-6-10-26-11-7-15/h4-7,10-13H,2-3,8,14H2,1H3. The molecule has 4 nitrogen and oxygen atoms in total. The summed E-state index contributed by atoms with van der Waals surface area (Å²) >= 11 is 6.34. The Bertz CT molecular complexity index is 1110. The number of ketones is 1. The van der Waals surface area contributed by atoms with Crippen molar-refractivity contribution in [2.75, 3.05) is 7.11 Å². The first-order chi connectivity index (χ1) is 13.6. The number of hydrogen-bond donors (Lipinski definition) is 0. The monoisotopic (exact) mass is 390 g/mol. The fourth-order valence-corrected chi connectivity index (χ4v) is 4.61. The van der Waals surface area contributed by atoms with Crippen LogP contribution in [0.25, 0.3) is 10.8 Å². The van der Waals surface area contributed by atoms with Crippen molar-refractivity contribution in [3.63, 3.8) is 0 Å². The van der Waals surface area contributed by atoms with Gasteiger partial charge in [0.2, 0.25) is 0 Å². The maximum Gasteiger partial charge on any atom is 0.174 e. The number of pyridine rings is 1. The van der Waals surface area contributed by atoms with Gasteiger partial charge in [0.15, 0.2) is 5.78 Å².